The molecule has 1 aromatic carbocycles. The lowest BCUT2D eigenvalue weighted by Crippen LogP contribution is -2.42. The van der Waals surface area contributed by atoms with Crippen LogP contribution in [0.15, 0.2) is 18.2 Å². The van der Waals surface area contributed by atoms with Crippen molar-refractivity contribution in [2.24, 2.45) is 0 Å². The quantitative estimate of drug-likeness (QED) is 0.829. The van der Waals surface area contributed by atoms with Gasteiger partial charge in [0, 0.05) is 23.1 Å². The number of amides is 1. The number of aliphatic hydroxyl groups is 1. The zero-order valence-electron chi connectivity index (χ0n) is 12.7. The van der Waals surface area contributed by atoms with E-state index in [2.05, 4.69) is 17.2 Å². The molecular weight excluding hydrogens is 250 g/mol. The molecule has 0 radical (unpaired) electrons. The van der Waals surface area contributed by atoms with E-state index in [-0.39, 0.29) is 18.1 Å². The largest absolute Gasteiger partial charge is 0.395 e. The van der Waals surface area contributed by atoms with Gasteiger partial charge in [-0.3, -0.25) is 4.79 Å². The number of aryl methyl sites for hydroxylation is 1. The van der Waals surface area contributed by atoms with Crippen LogP contribution in [0.4, 0.5) is 0 Å². The summed E-state index contributed by atoms with van der Waals surface area (Å²) >= 11 is 0. The SMILES string of the molecule is CCC(C)(C)NC(=O)c1cc(C)cc(C#CCCO)c1. The standard InChI is InChI=1S/C17H23NO2/c1-5-17(3,4)18-16(20)15-11-13(2)10-14(12-15)8-6-7-9-19/h10-12,19H,5,7,9H2,1-4H3,(H,18,20). The average Bonchev–Trinajstić information content (AvgIpc) is 2.38. The number of hydrogen-bond donors (Lipinski definition) is 2. The Balaban J connectivity index is 2.96. The third kappa shape index (κ3) is 5.07. The topological polar surface area (TPSA) is 49.3 Å². The van der Waals surface area contributed by atoms with Crippen molar-refractivity contribution >= 4 is 5.91 Å². The summed E-state index contributed by atoms with van der Waals surface area (Å²) < 4.78 is 0. The molecule has 3 nitrogen and oxygen atoms in total. The third-order valence-corrected chi connectivity index (χ3v) is 3.14. The molecule has 0 aliphatic carbocycles. The highest BCUT2D eigenvalue weighted by molar-refractivity contribution is 5.95. The van der Waals surface area contributed by atoms with Crippen molar-refractivity contribution in [3.05, 3.63) is 34.9 Å². The molecule has 0 spiro atoms. The van der Waals surface area contributed by atoms with Gasteiger partial charge in [0.2, 0.25) is 0 Å². The second-order valence-electron chi connectivity index (χ2n) is 5.55. The first-order valence-corrected chi connectivity index (χ1v) is 6.92. The Bertz CT molecular complexity index is 536. The van der Waals surface area contributed by atoms with Gasteiger partial charge in [0.1, 0.15) is 0 Å². The zero-order valence-corrected chi connectivity index (χ0v) is 12.7. The molecule has 0 unspecified atom stereocenters. The minimum atomic E-state index is -0.219. The van der Waals surface area contributed by atoms with Gasteiger partial charge in [-0.05, 0) is 51.0 Å². The number of hydrogen-bond acceptors (Lipinski definition) is 2. The fourth-order valence-corrected chi connectivity index (χ4v) is 1.67. The first kappa shape index (κ1) is 16.3. The molecule has 20 heavy (non-hydrogen) atoms. The highest BCUT2D eigenvalue weighted by atomic mass is 16.2. The Hall–Kier alpha value is -1.79. The number of aliphatic hydroxyl groups excluding tert-OH is 1. The first-order chi connectivity index (χ1) is 9.38. The molecule has 0 fully saturated rings. The Morgan fingerprint density at radius 1 is 1.35 bits per heavy atom. The number of nitrogens with one attached hydrogen (secondary N) is 1. The van der Waals surface area contributed by atoms with Gasteiger partial charge >= 0.3 is 0 Å². The van der Waals surface area contributed by atoms with Gasteiger partial charge in [0.15, 0.2) is 0 Å². The van der Waals surface area contributed by atoms with Crippen molar-refractivity contribution in [3.8, 4) is 11.8 Å². The summed E-state index contributed by atoms with van der Waals surface area (Å²) in [5.41, 5.74) is 2.21. The van der Waals surface area contributed by atoms with Gasteiger partial charge in [-0.1, -0.05) is 18.8 Å². The Kier molecular flexibility index (Phi) is 5.79. The molecule has 0 aliphatic rings. The molecular formula is C17H23NO2. The van der Waals surface area contributed by atoms with Crippen LogP contribution >= 0.6 is 0 Å². The van der Waals surface area contributed by atoms with Gasteiger partial charge in [-0.15, -0.1) is 0 Å². The van der Waals surface area contributed by atoms with E-state index in [9.17, 15) is 4.79 Å². The lowest BCUT2D eigenvalue weighted by molar-refractivity contribution is 0.0911. The van der Waals surface area contributed by atoms with Crippen molar-refractivity contribution in [1.29, 1.82) is 0 Å². The molecule has 0 saturated heterocycles. The maximum absolute atomic E-state index is 12.3. The molecule has 0 saturated carbocycles. The van der Waals surface area contributed by atoms with Crippen molar-refractivity contribution < 1.29 is 9.90 Å². The second kappa shape index (κ2) is 7.12. The Morgan fingerprint density at radius 2 is 2.05 bits per heavy atom. The molecule has 1 amide bonds. The van der Waals surface area contributed by atoms with Crippen LogP contribution in [0.1, 0.15) is 55.1 Å². The van der Waals surface area contributed by atoms with E-state index in [1.165, 1.54) is 0 Å². The minimum absolute atomic E-state index is 0.0524. The molecule has 108 valence electrons. The van der Waals surface area contributed by atoms with Crippen LogP contribution in [0.25, 0.3) is 0 Å². The van der Waals surface area contributed by atoms with E-state index in [0.29, 0.717) is 12.0 Å². The summed E-state index contributed by atoms with van der Waals surface area (Å²) in [6.07, 6.45) is 1.31. The highest BCUT2D eigenvalue weighted by Crippen LogP contribution is 2.12. The normalized spacial score (nSPS) is 10.7. The molecule has 0 atom stereocenters. The lowest BCUT2D eigenvalue weighted by Gasteiger charge is -2.24. The van der Waals surface area contributed by atoms with Crippen LogP contribution in [-0.2, 0) is 0 Å². The lowest BCUT2D eigenvalue weighted by atomic mass is 10.00. The van der Waals surface area contributed by atoms with Crippen LogP contribution in [-0.4, -0.2) is 23.2 Å². The Labute approximate surface area is 121 Å². The highest BCUT2D eigenvalue weighted by Gasteiger charge is 2.19. The summed E-state index contributed by atoms with van der Waals surface area (Å²) in [7, 11) is 0. The summed E-state index contributed by atoms with van der Waals surface area (Å²) in [6.45, 7) is 8.05. The van der Waals surface area contributed by atoms with E-state index in [0.717, 1.165) is 17.5 Å². The van der Waals surface area contributed by atoms with Crippen LogP contribution in [0.5, 0.6) is 0 Å². The summed E-state index contributed by atoms with van der Waals surface area (Å²) in [5, 5.41) is 11.7. The van der Waals surface area contributed by atoms with Gasteiger partial charge in [-0.25, -0.2) is 0 Å². The number of benzene rings is 1. The third-order valence-electron chi connectivity index (χ3n) is 3.14. The molecule has 0 aromatic heterocycles. The fraction of sp³-hybridized carbons (Fsp3) is 0.471. The number of carbonyl (C=O) groups is 1. The second-order valence-corrected chi connectivity index (χ2v) is 5.55. The van der Waals surface area contributed by atoms with Crippen molar-refractivity contribution in [1.82, 2.24) is 5.32 Å². The maximum Gasteiger partial charge on any atom is 0.251 e. The van der Waals surface area contributed by atoms with E-state index >= 15 is 0 Å². The van der Waals surface area contributed by atoms with Crippen molar-refractivity contribution in [3.63, 3.8) is 0 Å². The average molecular weight is 273 g/mol. The molecule has 1 rings (SSSR count). The number of rotatable bonds is 4. The van der Waals surface area contributed by atoms with Crippen molar-refractivity contribution in [2.75, 3.05) is 6.61 Å². The molecule has 2 N–H and O–H groups in total. The van der Waals surface area contributed by atoms with E-state index in [1.54, 1.807) is 6.07 Å². The van der Waals surface area contributed by atoms with Gasteiger partial charge in [-0.2, -0.15) is 0 Å². The summed E-state index contributed by atoms with van der Waals surface area (Å²) in [6, 6.07) is 5.59. The molecule has 1 aromatic rings. The predicted molar refractivity (Wildman–Crippen MR) is 81.6 cm³/mol. The Morgan fingerprint density at radius 3 is 2.65 bits per heavy atom. The smallest absolute Gasteiger partial charge is 0.251 e. The molecule has 3 heteroatoms. The van der Waals surface area contributed by atoms with Crippen LogP contribution < -0.4 is 5.32 Å². The van der Waals surface area contributed by atoms with E-state index in [1.807, 2.05) is 39.8 Å². The van der Waals surface area contributed by atoms with Crippen molar-refractivity contribution in [2.45, 2.75) is 46.1 Å². The number of carbonyl (C=O) groups excluding carboxylic acids is 1. The summed E-state index contributed by atoms with van der Waals surface area (Å²) in [5.74, 6) is 5.76. The van der Waals surface area contributed by atoms with E-state index in [4.69, 9.17) is 5.11 Å². The molecule has 0 bridgehead atoms. The fourth-order valence-electron chi connectivity index (χ4n) is 1.67. The first-order valence-electron chi connectivity index (χ1n) is 6.92. The van der Waals surface area contributed by atoms with Gasteiger partial charge < -0.3 is 10.4 Å². The predicted octanol–water partition coefficient (Wildman–Crippen LogP) is 2.65. The molecule has 0 aliphatic heterocycles. The van der Waals surface area contributed by atoms with Crippen LogP contribution in [0.3, 0.4) is 0 Å². The van der Waals surface area contributed by atoms with Gasteiger partial charge in [0.25, 0.3) is 5.91 Å². The van der Waals surface area contributed by atoms with Crippen LogP contribution in [0, 0.1) is 18.8 Å². The van der Waals surface area contributed by atoms with Gasteiger partial charge in [0.05, 0.1) is 6.61 Å². The molecule has 0 heterocycles. The van der Waals surface area contributed by atoms with E-state index < -0.39 is 0 Å². The zero-order chi connectivity index (χ0) is 15.2. The maximum atomic E-state index is 12.3. The van der Waals surface area contributed by atoms with Crippen LogP contribution in [0.2, 0.25) is 0 Å². The minimum Gasteiger partial charge on any atom is -0.395 e. The monoisotopic (exact) mass is 273 g/mol. The summed E-state index contributed by atoms with van der Waals surface area (Å²) in [4.78, 5) is 12.3.